The number of hydrogen-bond donors (Lipinski definition) is 5. The number of carbonyl (C=O) groups excluding carboxylic acids is 3. The second-order valence-electron chi connectivity index (χ2n) is 9.25. The van der Waals surface area contributed by atoms with Gasteiger partial charge in [-0.05, 0) is 36.1 Å². The number of nitrogens with two attached hydrogens (primary N) is 2. The number of benzene rings is 3. The Morgan fingerprint density at radius 3 is 2.02 bits per heavy atom. The van der Waals surface area contributed by atoms with Gasteiger partial charge in [-0.2, -0.15) is 0 Å². The summed E-state index contributed by atoms with van der Waals surface area (Å²) in [6.45, 7) is 0.231. The van der Waals surface area contributed by atoms with Gasteiger partial charge in [0.15, 0.2) is 5.96 Å². The van der Waals surface area contributed by atoms with Crippen LogP contribution in [0.1, 0.15) is 24.0 Å². The highest BCUT2D eigenvalue weighted by molar-refractivity contribution is 5.98. The molecule has 0 aliphatic carbocycles. The third-order valence-electron chi connectivity index (χ3n) is 6.03. The van der Waals surface area contributed by atoms with E-state index in [-0.39, 0.29) is 50.0 Å². The number of hydrogen-bond acceptors (Lipinski definition) is 7. The van der Waals surface area contributed by atoms with E-state index in [0.717, 1.165) is 11.1 Å². The van der Waals surface area contributed by atoms with Gasteiger partial charge in [0.05, 0.1) is 4.92 Å². The summed E-state index contributed by atoms with van der Waals surface area (Å²) < 4.78 is 5.31. The Balaban J connectivity index is 0.00000645. The molecule has 14 heteroatoms. The molecule has 0 bridgehead atoms. The number of carbonyl (C=O) groups is 3. The summed E-state index contributed by atoms with van der Waals surface area (Å²) in [4.78, 5) is 53.6. The van der Waals surface area contributed by atoms with Crippen LogP contribution in [0, 0.1) is 10.1 Å². The molecule has 0 fully saturated rings. The summed E-state index contributed by atoms with van der Waals surface area (Å²) >= 11 is 0. The van der Waals surface area contributed by atoms with Crippen molar-refractivity contribution in [3.8, 4) is 0 Å². The lowest BCUT2D eigenvalue weighted by atomic mass is 10.0. The van der Waals surface area contributed by atoms with Crippen LogP contribution < -0.4 is 27.4 Å². The molecule has 13 nitrogen and oxygen atoms in total. The third kappa shape index (κ3) is 12.1. The van der Waals surface area contributed by atoms with Gasteiger partial charge in [-0.25, -0.2) is 4.79 Å². The van der Waals surface area contributed by atoms with Gasteiger partial charge < -0.3 is 32.2 Å². The molecule has 0 unspecified atom stereocenters. The van der Waals surface area contributed by atoms with Gasteiger partial charge in [0.25, 0.3) is 5.69 Å². The molecule has 0 saturated heterocycles. The zero-order chi connectivity index (χ0) is 30.3. The number of nitro groups is 1. The van der Waals surface area contributed by atoms with Crippen molar-refractivity contribution in [1.82, 2.24) is 10.6 Å². The maximum Gasteiger partial charge on any atom is 0.408 e. The monoisotopic (exact) mass is 611 g/mol. The van der Waals surface area contributed by atoms with Crippen LogP contribution >= 0.6 is 12.4 Å². The molecule has 3 aromatic rings. The minimum Gasteiger partial charge on any atom is -0.445 e. The van der Waals surface area contributed by atoms with Gasteiger partial charge in [0, 0.05) is 30.8 Å². The predicted octanol–water partition coefficient (Wildman–Crippen LogP) is 3.03. The molecule has 0 aromatic heterocycles. The number of nitro benzene ring substituents is 1. The number of amides is 3. The summed E-state index contributed by atoms with van der Waals surface area (Å²) in [5.74, 6) is -1.28. The highest BCUT2D eigenvalue weighted by Gasteiger charge is 2.27. The number of non-ortho nitro benzene ring substituents is 1. The SMILES string of the molecule is Cl.NC(N)=NCCC[C@H](NC(=O)[C@H](Cc1ccccc1)NC(=O)OCc1ccccc1)C(=O)Nc1ccc([N+](=O)[O-])cc1. The van der Waals surface area contributed by atoms with Crippen molar-refractivity contribution in [1.29, 1.82) is 0 Å². The largest absolute Gasteiger partial charge is 0.445 e. The molecule has 0 radical (unpaired) electrons. The fraction of sp³-hybridized carbons (Fsp3) is 0.241. The fourth-order valence-corrected chi connectivity index (χ4v) is 3.91. The lowest BCUT2D eigenvalue weighted by Gasteiger charge is -2.23. The van der Waals surface area contributed by atoms with Crippen molar-refractivity contribution >= 4 is 47.6 Å². The average molecular weight is 612 g/mol. The van der Waals surface area contributed by atoms with Crippen molar-refractivity contribution in [2.45, 2.75) is 38.0 Å². The molecule has 3 amide bonds. The van der Waals surface area contributed by atoms with Crippen LogP contribution in [0.4, 0.5) is 16.2 Å². The van der Waals surface area contributed by atoms with Crippen LogP contribution in [0.5, 0.6) is 0 Å². The molecule has 0 spiro atoms. The predicted molar refractivity (Wildman–Crippen MR) is 165 cm³/mol. The molecule has 0 heterocycles. The average Bonchev–Trinajstić information content (AvgIpc) is 2.98. The minimum atomic E-state index is -1.07. The van der Waals surface area contributed by atoms with E-state index in [2.05, 4.69) is 20.9 Å². The summed E-state index contributed by atoms with van der Waals surface area (Å²) in [5.41, 5.74) is 12.5. The Morgan fingerprint density at radius 2 is 1.44 bits per heavy atom. The summed E-state index contributed by atoms with van der Waals surface area (Å²) in [6.07, 6.45) is -0.142. The fourth-order valence-electron chi connectivity index (χ4n) is 3.91. The van der Waals surface area contributed by atoms with Gasteiger partial charge in [-0.1, -0.05) is 60.7 Å². The van der Waals surface area contributed by atoms with E-state index in [1.165, 1.54) is 24.3 Å². The number of halogens is 1. The lowest BCUT2D eigenvalue weighted by molar-refractivity contribution is -0.384. The molecule has 3 aromatic carbocycles. The Morgan fingerprint density at radius 1 is 0.837 bits per heavy atom. The number of aliphatic imine (C=N–C) groups is 1. The van der Waals surface area contributed by atoms with E-state index < -0.39 is 34.9 Å². The highest BCUT2D eigenvalue weighted by Crippen LogP contribution is 2.16. The van der Waals surface area contributed by atoms with Gasteiger partial charge in [0.2, 0.25) is 11.8 Å². The molecule has 0 aliphatic heterocycles. The maximum atomic E-state index is 13.5. The van der Waals surface area contributed by atoms with Crippen LogP contribution in [0.3, 0.4) is 0 Å². The number of nitrogens with one attached hydrogen (secondary N) is 3. The van der Waals surface area contributed by atoms with E-state index in [1.54, 1.807) is 12.1 Å². The standard InChI is InChI=1S/C29H33N7O6.ClH/c30-28(31)32-17-7-12-24(26(37)33-22-13-15-23(16-14-22)36(40)41)34-27(38)25(18-20-8-3-1-4-9-20)35-29(39)42-19-21-10-5-2-6-11-21;/h1-6,8-11,13-16,24-25H,7,12,17-19H2,(H,33,37)(H,34,38)(H,35,39)(H4,30,31,32);1H/t24-,25-;/m0./s1. The zero-order valence-electron chi connectivity index (χ0n) is 23.2. The van der Waals surface area contributed by atoms with Crippen molar-refractivity contribution in [2.75, 3.05) is 11.9 Å². The smallest absolute Gasteiger partial charge is 0.408 e. The number of anilines is 1. The van der Waals surface area contributed by atoms with E-state index >= 15 is 0 Å². The number of alkyl carbamates (subject to hydrolysis) is 1. The molecule has 43 heavy (non-hydrogen) atoms. The molecule has 0 saturated carbocycles. The number of nitrogens with zero attached hydrogens (tertiary/aromatic N) is 2. The van der Waals surface area contributed by atoms with Crippen molar-refractivity contribution < 1.29 is 24.0 Å². The Kier molecular flexibility index (Phi) is 13.9. The third-order valence-corrected chi connectivity index (χ3v) is 6.03. The maximum absolute atomic E-state index is 13.5. The first-order chi connectivity index (χ1) is 20.2. The second kappa shape index (κ2) is 17.6. The highest BCUT2D eigenvalue weighted by atomic mass is 35.5. The summed E-state index contributed by atoms with van der Waals surface area (Å²) in [7, 11) is 0. The number of ether oxygens (including phenoxy) is 1. The van der Waals surface area contributed by atoms with E-state index in [4.69, 9.17) is 16.2 Å². The summed E-state index contributed by atoms with van der Waals surface area (Å²) in [5, 5.41) is 18.9. The van der Waals surface area contributed by atoms with Crippen molar-refractivity contribution in [3.63, 3.8) is 0 Å². The first kappa shape index (κ1) is 34.0. The van der Waals surface area contributed by atoms with E-state index in [0.29, 0.717) is 12.1 Å². The van der Waals surface area contributed by atoms with Crippen LogP contribution in [0.25, 0.3) is 0 Å². The van der Waals surface area contributed by atoms with Gasteiger partial charge in [0.1, 0.15) is 18.7 Å². The topological polar surface area (TPSA) is 204 Å². The van der Waals surface area contributed by atoms with Crippen LogP contribution in [-0.4, -0.2) is 47.4 Å². The quantitative estimate of drug-likeness (QED) is 0.0601. The number of rotatable bonds is 14. The molecule has 0 aliphatic rings. The summed E-state index contributed by atoms with van der Waals surface area (Å²) in [6, 6.07) is 21.3. The molecule has 3 rings (SSSR count). The minimum absolute atomic E-state index is 0. The van der Waals surface area contributed by atoms with Gasteiger partial charge in [-0.15, -0.1) is 12.4 Å². The molecular formula is C29H34ClN7O6. The molecule has 228 valence electrons. The Hall–Kier alpha value is -5.17. The first-order valence-electron chi connectivity index (χ1n) is 13.1. The van der Waals surface area contributed by atoms with Crippen LogP contribution in [0.15, 0.2) is 89.9 Å². The Bertz CT molecular complexity index is 1370. The van der Waals surface area contributed by atoms with Crippen LogP contribution in [-0.2, 0) is 27.4 Å². The van der Waals surface area contributed by atoms with E-state index in [9.17, 15) is 24.5 Å². The normalized spacial score (nSPS) is 11.5. The van der Waals surface area contributed by atoms with Gasteiger partial charge in [-0.3, -0.25) is 24.7 Å². The van der Waals surface area contributed by atoms with E-state index in [1.807, 2.05) is 48.5 Å². The molecular weight excluding hydrogens is 578 g/mol. The number of guanidine groups is 1. The zero-order valence-corrected chi connectivity index (χ0v) is 24.0. The second-order valence-corrected chi connectivity index (χ2v) is 9.25. The van der Waals surface area contributed by atoms with Crippen molar-refractivity contribution in [2.24, 2.45) is 16.5 Å². The Labute approximate surface area is 254 Å². The molecule has 7 N–H and O–H groups in total. The van der Waals surface area contributed by atoms with Gasteiger partial charge >= 0.3 is 6.09 Å². The molecule has 2 atom stereocenters. The van der Waals surface area contributed by atoms with Crippen molar-refractivity contribution in [3.05, 3.63) is 106 Å². The van der Waals surface area contributed by atoms with Crippen LogP contribution in [0.2, 0.25) is 0 Å². The first-order valence-corrected chi connectivity index (χ1v) is 13.1. The lowest BCUT2D eigenvalue weighted by Crippen LogP contribution is -2.53.